The van der Waals surface area contributed by atoms with Crippen molar-refractivity contribution in [3.05, 3.63) is 29.8 Å². The zero-order chi connectivity index (χ0) is 17.8. The molecule has 0 unspecified atom stereocenters. The standard InChI is InChI=1S/C20H28N2O3/c1-14(2)21-19(23)15-8-10-18(11-9-15)25-13-17-7-4-12-22(17)20(24)16-5-3-6-16/h8-11,14,16-17H,3-7,12-13H2,1-2H3,(H,21,23)/t17-/m0/s1. The smallest absolute Gasteiger partial charge is 0.251 e. The van der Waals surface area contributed by atoms with Gasteiger partial charge >= 0.3 is 0 Å². The number of carbonyl (C=O) groups is 2. The summed E-state index contributed by atoms with van der Waals surface area (Å²) in [5, 5.41) is 2.87. The maximum atomic E-state index is 12.5. The molecule has 1 saturated heterocycles. The first kappa shape index (κ1) is 17.8. The molecule has 25 heavy (non-hydrogen) atoms. The van der Waals surface area contributed by atoms with Crippen molar-refractivity contribution in [3.8, 4) is 5.75 Å². The molecule has 1 aliphatic carbocycles. The molecule has 0 spiro atoms. The van der Waals surface area contributed by atoms with Gasteiger partial charge < -0.3 is 15.0 Å². The summed E-state index contributed by atoms with van der Waals surface area (Å²) in [7, 11) is 0. The van der Waals surface area contributed by atoms with Crippen LogP contribution in [0.15, 0.2) is 24.3 Å². The van der Waals surface area contributed by atoms with Gasteiger partial charge in [-0.25, -0.2) is 0 Å². The Morgan fingerprint density at radius 1 is 1.16 bits per heavy atom. The second-order valence-corrected chi connectivity index (χ2v) is 7.42. The zero-order valence-electron chi connectivity index (χ0n) is 15.2. The monoisotopic (exact) mass is 344 g/mol. The zero-order valence-corrected chi connectivity index (χ0v) is 15.2. The number of carbonyl (C=O) groups excluding carboxylic acids is 2. The van der Waals surface area contributed by atoms with Crippen molar-refractivity contribution in [2.24, 2.45) is 5.92 Å². The van der Waals surface area contributed by atoms with Crippen molar-refractivity contribution < 1.29 is 14.3 Å². The Kier molecular flexibility index (Phi) is 5.61. The molecule has 1 heterocycles. The van der Waals surface area contributed by atoms with E-state index in [9.17, 15) is 9.59 Å². The Labute approximate surface area is 149 Å². The van der Waals surface area contributed by atoms with Gasteiger partial charge in [-0.05, 0) is 63.8 Å². The van der Waals surface area contributed by atoms with Gasteiger partial charge in [0.05, 0.1) is 6.04 Å². The van der Waals surface area contributed by atoms with Crippen LogP contribution < -0.4 is 10.1 Å². The van der Waals surface area contributed by atoms with E-state index in [-0.39, 0.29) is 23.9 Å². The van der Waals surface area contributed by atoms with Crippen molar-refractivity contribution in [3.63, 3.8) is 0 Å². The van der Waals surface area contributed by atoms with Gasteiger partial charge in [0, 0.05) is 24.1 Å². The summed E-state index contributed by atoms with van der Waals surface area (Å²) in [5.74, 6) is 1.23. The molecule has 3 rings (SSSR count). The van der Waals surface area contributed by atoms with Crippen LogP contribution in [0.4, 0.5) is 0 Å². The number of likely N-dealkylation sites (tertiary alicyclic amines) is 1. The van der Waals surface area contributed by atoms with Crippen LogP contribution in [-0.2, 0) is 4.79 Å². The van der Waals surface area contributed by atoms with Gasteiger partial charge in [-0.2, -0.15) is 0 Å². The van der Waals surface area contributed by atoms with E-state index in [1.165, 1.54) is 6.42 Å². The topological polar surface area (TPSA) is 58.6 Å². The Balaban J connectivity index is 1.52. The third kappa shape index (κ3) is 4.33. The molecule has 5 heteroatoms. The van der Waals surface area contributed by atoms with Crippen molar-refractivity contribution in [1.29, 1.82) is 0 Å². The summed E-state index contributed by atoms with van der Waals surface area (Å²) >= 11 is 0. The van der Waals surface area contributed by atoms with Gasteiger partial charge in [0.1, 0.15) is 12.4 Å². The van der Waals surface area contributed by atoms with Crippen molar-refractivity contribution in [1.82, 2.24) is 10.2 Å². The van der Waals surface area contributed by atoms with E-state index < -0.39 is 0 Å². The fourth-order valence-electron chi connectivity index (χ4n) is 3.43. The van der Waals surface area contributed by atoms with E-state index in [2.05, 4.69) is 5.32 Å². The number of nitrogens with one attached hydrogen (secondary N) is 1. The highest BCUT2D eigenvalue weighted by Gasteiger charge is 2.35. The molecule has 1 saturated carbocycles. The third-order valence-corrected chi connectivity index (χ3v) is 5.09. The minimum Gasteiger partial charge on any atom is -0.491 e. The number of hydrogen-bond acceptors (Lipinski definition) is 3. The summed E-state index contributed by atoms with van der Waals surface area (Å²) in [4.78, 5) is 26.5. The molecule has 1 atom stereocenters. The van der Waals surface area contributed by atoms with E-state index in [0.717, 1.165) is 38.0 Å². The van der Waals surface area contributed by atoms with Gasteiger partial charge in [0.25, 0.3) is 5.91 Å². The van der Waals surface area contributed by atoms with Crippen LogP contribution in [0.3, 0.4) is 0 Å². The maximum absolute atomic E-state index is 12.5. The van der Waals surface area contributed by atoms with E-state index in [4.69, 9.17) is 4.74 Å². The SMILES string of the molecule is CC(C)NC(=O)c1ccc(OC[C@@H]2CCCN2C(=O)C2CCC2)cc1. The molecule has 0 radical (unpaired) electrons. The van der Waals surface area contributed by atoms with Gasteiger partial charge in [0.2, 0.25) is 5.91 Å². The van der Waals surface area contributed by atoms with Gasteiger partial charge in [-0.15, -0.1) is 0 Å². The van der Waals surface area contributed by atoms with Crippen molar-refractivity contribution in [2.75, 3.05) is 13.2 Å². The van der Waals surface area contributed by atoms with Crippen LogP contribution in [0.5, 0.6) is 5.75 Å². The van der Waals surface area contributed by atoms with E-state index in [0.29, 0.717) is 18.1 Å². The normalized spacial score (nSPS) is 20.4. The van der Waals surface area contributed by atoms with E-state index >= 15 is 0 Å². The summed E-state index contributed by atoms with van der Waals surface area (Å²) in [5.41, 5.74) is 0.628. The lowest BCUT2D eigenvalue weighted by Crippen LogP contribution is -2.44. The molecular weight excluding hydrogens is 316 g/mol. The van der Waals surface area contributed by atoms with Crippen LogP contribution in [-0.4, -0.2) is 41.9 Å². The van der Waals surface area contributed by atoms with Crippen molar-refractivity contribution >= 4 is 11.8 Å². The molecule has 1 aromatic carbocycles. The molecule has 2 amide bonds. The first-order valence-corrected chi connectivity index (χ1v) is 9.39. The highest BCUT2D eigenvalue weighted by atomic mass is 16.5. The highest BCUT2D eigenvalue weighted by Crippen LogP contribution is 2.31. The molecule has 1 aliphatic heterocycles. The molecule has 0 aromatic heterocycles. The Bertz CT molecular complexity index is 608. The predicted octanol–water partition coefficient (Wildman–Crippen LogP) is 2.99. The number of nitrogens with zero attached hydrogens (tertiary/aromatic N) is 1. The number of rotatable bonds is 6. The fourth-order valence-corrected chi connectivity index (χ4v) is 3.43. The maximum Gasteiger partial charge on any atom is 0.251 e. The summed E-state index contributed by atoms with van der Waals surface area (Å²) < 4.78 is 5.89. The second-order valence-electron chi connectivity index (χ2n) is 7.42. The van der Waals surface area contributed by atoms with Crippen LogP contribution >= 0.6 is 0 Å². The lowest BCUT2D eigenvalue weighted by Gasteiger charge is -2.32. The van der Waals surface area contributed by atoms with Crippen LogP contribution in [0.1, 0.15) is 56.3 Å². The van der Waals surface area contributed by atoms with Gasteiger partial charge in [-0.3, -0.25) is 9.59 Å². The molecule has 136 valence electrons. The molecule has 2 aliphatic rings. The van der Waals surface area contributed by atoms with E-state index in [1.807, 2.05) is 30.9 Å². The minimum absolute atomic E-state index is 0.0744. The van der Waals surface area contributed by atoms with Gasteiger partial charge in [-0.1, -0.05) is 6.42 Å². The number of ether oxygens (including phenoxy) is 1. The quantitative estimate of drug-likeness (QED) is 0.863. The minimum atomic E-state index is -0.0744. The molecule has 0 bridgehead atoms. The summed E-state index contributed by atoms with van der Waals surface area (Å²) in [6.07, 6.45) is 5.34. The average Bonchev–Trinajstić information content (AvgIpc) is 2.99. The number of benzene rings is 1. The molecular formula is C20H28N2O3. The molecule has 1 aromatic rings. The highest BCUT2D eigenvalue weighted by molar-refractivity contribution is 5.94. The van der Waals surface area contributed by atoms with Crippen LogP contribution in [0.25, 0.3) is 0 Å². The van der Waals surface area contributed by atoms with Crippen LogP contribution in [0, 0.1) is 5.92 Å². The Hall–Kier alpha value is -2.04. The molecule has 2 fully saturated rings. The Morgan fingerprint density at radius 2 is 1.88 bits per heavy atom. The lowest BCUT2D eigenvalue weighted by molar-refractivity contribution is -0.139. The molecule has 1 N–H and O–H groups in total. The number of hydrogen-bond donors (Lipinski definition) is 1. The summed E-state index contributed by atoms with van der Waals surface area (Å²) in [6.45, 7) is 5.26. The van der Waals surface area contributed by atoms with Crippen molar-refractivity contribution in [2.45, 2.75) is 58.0 Å². The summed E-state index contributed by atoms with van der Waals surface area (Å²) in [6, 6.07) is 7.49. The predicted molar refractivity (Wildman–Crippen MR) is 96.6 cm³/mol. The first-order valence-electron chi connectivity index (χ1n) is 9.39. The first-order chi connectivity index (χ1) is 12.0. The molecule has 5 nitrogen and oxygen atoms in total. The van der Waals surface area contributed by atoms with E-state index in [1.54, 1.807) is 12.1 Å². The average molecular weight is 344 g/mol. The second kappa shape index (κ2) is 7.89. The Morgan fingerprint density at radius 3 is 2.48 bits per heavy atom. The fraction of sp³-hybridized carbons (Fsp3) is 0.600. The third-order valence-electron chi connectivity index (χ3n) is 5.09. The van der Waals surface area contributed by atoms with Gasteiger partial charge in [0.15, 0.2) is 0 Å². The number of amides is 2. The lowest BCUT2D eigenvalue weighted by atomic mass is 9.84. The van der Waals surface area contributed by atoms with Crippen LogP contribution in [0.2, 0.25) is 0 Å². The largest absolute Gasteiger partial charge is 0.491 e.